The molecule has 97 valence electrons. The molecule has 0 aliphatic rings. The summed E-state index contributed by atoms with van der Waals surface area (Å²) in [5.74, 6) is -0.629. The fraction of sp³-hybridized carbons (Fsp3) is 0.0714. The van der Waals surface area contributed by atoms with Gasteiger partial charge >= 0.3 is 0 Å². The van der Waals surface area contributed by atoms with Gasteiger partial charge in [0.2, 0.25) is 10.0 Å². The second kappa shape index (κ2) is 5.24. The number of hydrogen-bond acceptors (Lipinski definition) is 3. The molecule has 0 aliphatic carbocycles. The van der Waals surface area contributed by atoms with Crippen molar-refractivity contribution in [2.45, 2.75) is 0 Å². The first-order valence-corrected chi connectivity index (χ1v) is 7.43. The van der Waals surface area contributed by atoms with Crippen LogP contribution in [-0.4, -0.2) is 20.6 Å². The van der Waals surface area contributed by atoms with Crippen molar-refractivity contribution >= 4 is 15.9 Å². The Morgan fingerprint density at radius 3 is 2.05 bits per heavy atom. The lowest BCUT2D eigenvalue weighted by Gasteiger charge is -2.04. The van der Waals surface area contributed by atoms with Gasteiger partial charge in [-0.25, -0.2) is 13.1 Å². The number of benzene rings is 2. The third-order valence-electron chi connectivity index (χ3n) is 2.48. The molecule has 2 aromatic rings. The fourth-order valence-corrected chi connectivity index (χ4v) is 2.08. The number of nitrogens with one attached hydrogen (secondary N) is 1. The molecule has 2 aromatic carbocycles. The van der Waals surface area contributed by atoms with Crippen LogP contribution in [-0.2, 0) is 10.0 Å². The number of carbonyl (C=O) groups is 1. The second-order valence-corrected chi connectivity index (χ2v) is 5.82. The van der Waals surface area contributed by atoms with Crippen LogP contribution in [0, 0.1) is 6.07 Å². The minimum absolute atomic E-state index is 0.302. The van der Waals surface area contributed by atoms with Crippen molar-refractivity contribution in [3.63, 3.8) is 0 Å². The van der Waals surface area contributed by atoms with Crippen LogP contribution in [0.1, 0.15) is 10.4 Å². The third-order valence-corrected chi connectivity index (χ3v) is 3.03. The normalized spacial score (nSPS) is 11.0. The van der Waals surface area contributed by atoms with Gasteiger partial charge in [-0.05, 0) is 29.3 Å². The summed E-state index contributed by atoms with van der Waals surface area (Å²) < 4.78 is 23.9. The van der Waals surface area contributed by atoms with Gasteiger partial charge in [0.15, 0.2) is 0 Å². The van der Waals surface area contributed by atoms with Crippen LogP contribution in [0.15, 0.2) is 48.5 Å². The van der Waals surface area contributed by atoms with Gasteiger partial charge < -0.3 is 0 Å². The number of rotatable bonds is 3. The lowest BCUT2D eigenvalue weighted by molar-refractivity contribution is 0.0981. The van der Waals surface area contributed by atoms with E-state index in [1.165, 1.54) is 0 Å². The van der Waals surface area contributed by atoms with E-state index in [-0.39, 0.29) is 0 Å². The number of hydrogen-bond donors (Lipinski definition) is 1. The molecule has 4 nitrogen and oxygen atoms in total. The van der Waals surface area contributed by atoms with Crippen LogP contribution >= 0.6 is 0 Å². The summed E-state index contributed by atoms with van der Waals surface area (Å²) in [4.78, 5) is 11.6. The summed E-state index contributed by atoms with van der Waals surface area (Å²) in [6.45, 7) is 0. The topological polar surface area (TPSA) is 63.2 Å². The van der Waals surface area contributed by atoms with Crippen LogP contribution in [0.2, 0.25) is 0 Å². The molecule has 0 spiro atoms. The zero-order chi connectivity index (χ0) is 13.9. The van der Waals surface area contributed by atoms with Crippen molar-refractivity contribution in [3.05, 3.63) is 60.2 Å². The van der Waals surface area contributed by atoms with Crippen LogP contribution in [0.5, 0.6) is 0 Å². The molecule has 2 rings (SSSR count). The van der Waals surface area contributed by atoms with Crippen molar-refractivity contribution in [1.82, 2.24) is 4.72 Å². The molecule has 0 atom stereocenters. The van der Waals surface area contributed by atoms with Gasteiger partial charge in [-0.2, -0.15) is 0 Å². The Labute approximate surface area is 112 Å². The SMILES string of the molecule is CS(=O)(=O)NC(=O)c1ccc(-c2cc[c]cc2)cc1. The summed E-state index contributed by atoms with van der Waals surface area (Å²) in [5, 5.41) is 0. The van der Waals surface area contributed by atoms with Crippen molar-refractivity contribution in [1.29, 1.82) is 0 Å². The predicted octanol–water partition coefficient (Wildman–Crippen LogP) is 1.84. The monoisotopic (exact) mass is 274 g/mol. The molecule has 0 fully saturated rings. The predicted molar refractivity (Wildman–Crippen MR) is 73.0 cm³/mol. The maximum atomic E-state index is 11.6. The zero-order valence-corrected chi connectivity index (χ0v) is 11.1. The van der Waals surface area contributed by atoms with E-state index in [4.69, 9.17) is 0 Å². The second-order valence-electron chi connectivity index (χ2n) is 4.07. The van der Waals surface area contributed by atoms with E-state index < -0.39 is 15.9 Å². The van der Waals surface area contributed by atoms with E-state index in [2.05, 4.69) is 6.07 Å². The van der Waals surface area contributed by atoms with Gasteiger partial charge in [0.05, 0.1) is 6.26 Å². The molecule has 5 heteroatoms. The molecule has 1 amide bonds. The standard InChI is InChI=1S/C14H12NO3S/c1-19(17,18)15-14(16)13-9-7-12(8-10-13)11-5-3-2-4-6-11/h3-10H,1H3,(H,15,16). The number of sulfonamides is 1. The Balaban J connectivity index is 2.22. The maximum Gasteiger partial charge on any atom is 0.264 e. The summed E-state index contributed by atoms with van der Waals surface area (Å²) >= 11 is 0. The van der Waals surface area contributed by atoms with Crippen LogP contribution in [0.3, 0.4) is 0 Å². The fourth-order valence-electron chi connectivity index (χ4n) is 1.62. The van der Waals surface area contributed by atoms with E-state index >= 15 is 0 Å². The molecule has 1 radical (unpaired) electrons. The van der Waals surface area contributed by atoms with Crippen molar-refractivity contribution in [2.24, 2.45) is 0 Å². The molecule has 0 heterocycles. The molecule has 0 aliphatic heterocycles. The Kier molecular flexibility index (Phi) is 3.66. The molecule has 19 heavy (non-hydrogen) atoms. The smallest absolute Gasteiger partial charge is 0.264 e. The van der Waals surface area contributed by atoms with Crippen LogP contribution in [0.25, 0.3) is 11.1 Å². The lowest BCUT2D eigenvalue weighted by Crippen LogP contribution is -2.29. The molecule has 0 saturated heterocycles. The molecular weight excluding hydrogens is 262 g/mol. The van der Waals surface area contributed by atoms with Gasteiger partial charge in [-0.15, -0.1) is 0 Å². The zero-order valence-electron chi connectivity index (χ0n) is 10.3. The Morgan fingerprint density at radius 1 is 1.00 bits per heavy atom. The average molecular weight is 274 g/mol. The summed E-state index contributed by atoms with van der Waals surface area (Å²) in [5.41, 5.74) is 2.26. The quantitative estimate of drug-likeness (QED) is 0.929. The van der Waals surface area contributed by atoms with E-state index in [0.717, 1.165) is 17.4 Å². The molecule has 1 N–H and O–H groups in total. The van der Waals surface area contributed by atoms with Gasteiger partial charge in [-0.1, -0.05) is 36.4 Å². The lowest BCUT2D eigenvalue weighted by atomic mass is 10.0. The largest absolute Gasteiger partial charge is 0.268 e. The highest BCUT2D eigenvalue weighted by Crippen LogP contribution is 2.19. The van der Waals surface area contributed by atoms with Crippen molar-refractivity contribution < 1.29 is 13.2 Å². The first-order valence-electron chi connectivity index (χ1n) is 5.54. The van der Waals surface area contributed by atoms with Gasteiger partial charge in [0.1, 0.15) is 0 Å². The number of carbonyl (C=O) groups excluding carboxylic acids is 1. The van der Waals surface area contributed by atoms with E-state index in [9.17, 15) is 13.2 Å². The van der Waals surface area contributed by atoms with E-state index in [1.807, 2.05) is 16.9 Å². The summed E-state index contributed by atoms with van der Waals surface area (Å²) in [7, 11) is -3.54. The Bertz CT molecular complexity index is 676. The van der Waals surface area contributed by atoms with Gasteiger partial charge in [-0.3, -0.25) is 4.79 Å². The average Bonchev–Trinajstić information content (AvgIpc) is 2.38. The maximum absolute atomic E-state index is 11.6. The van der Waals surface area contributed by atoms with E-state index in [0.29, 0.717) is 5.56 Å². The van der Waals surface area contributed by atoms with Crippen LogP contribution < -0.4 is 4.72 Å². The molecular formula is C14H12NO3S. The van der Waals surface area contributed by atoms with Crippen LogP contribution in [0.4, 0.5) is 0 Å². The first kappa shape index (κ1) is 13.3. The van der Waals surface area contributed by atoms with Crippen molar-refractivity contribution in [2.75, 3.05) is 6.26 Å². The molecule has 0 aromatic heterocycles. The van der Waals surface area contributed by atoms with E-state index in [1.54, 1.807) is 36.4 Å². The first-order chi connectivity index (χ1) is 8.96. The van der Waals surface area contributed by atoms with Crippen molar-refractivity contribution in [3.8, 4) is 11.1 Å². The summed E-state index contributed by atoms with van der Waals surface area (Å²) in [6.07, 6.45) is 0.944. The molecule has 0 unspecified atom stereocenters. The summed E-state index contributed by atoms with van der Waals surface area (Å²) in [6, 6.07) is 17.1. The van der Waals surface area contributed by atoms with Gasteiger partial charge in [0, 0.05) is 5.56 Å². The molecule has 0 bridgehead atoms. The highest BCUT2D eigenvalue weighted by molar-refractivity contribution is 7.89. The highest BCUT2D eigenvalue weighted by atomic mass is 32.2. The third kappa shape index (κ3) is 3.66. The Hall–Kier alpha value is -2.14. The Morgan fingerprint density at radius 2 is 1.53 bits per heavy atom. The highest BCUT2D eigenvalue weighted by Gasteiger charge is 2.10. The molecule has 0 saturated carbocycles. The minimum Gasteiger partial charge on any atom is -0.268 e. The number of amides is 1. The minimum atomic E-state index is -3.54. The van der Waals surface area contributed by atoms with Gasteiger partial charge in [0.25, 0.3) is 5.91 Å².